The van der Waals surface area contributed by atoms with Crippen molar-refractivity contribution >= 4 is 10.8 Å². The Balaban J connectivity index is 2.31. The number of pyridine rings is 2. The minimum Gasteiger partial charge on any atom is -0.264 e. The van der Waals surface area contributed by atoms with E-state index in [9.17, 15) is 0 Å². The van der Waals surface area contributed by atoms with E-state index in [1.165, 1.54) is 16.5 Å². The maximum atomic E-state index is 4.52. The molecule has 0 saturated carbocycles. The molecule has 0 atom stereocenters. The van der Waals surface area contributed by atoms with Gasteiger partial charge in [0.25, 0.3) is 0 Å². The predicted molar refractivity (Wildman–Crippen MR) is 74.4 cm³/mol. The monoisotopic (exact) mass is 234 g/mol. The molecule has 0 amide bonds. The lowest BCUT2D eigenvalue weighted by Gasteiger charge is -2.07. The van der Waals surface area contributed by atoms with Crippen molar-refractivity contribution in [3.63, 3.8) is 0 Å². The molecule has 2 heterocycles. The van der Waals surface area contributed by atoms with Gasteiger partial charge in [-0.2, -0.15) is 0 Å². The summed E-state index contributed by atoms with van der Waals surface area (Å²) in [6, 6.07) is 10.5. The molecule has 0 spiro atoms. The maximum absolute atomic E-state index is 4.52. The maximum Gasteiger partial charge on any atom is 0.0795 e. The Hall–Kier alpha value is -2.22. The van der Waals surface area contributed by atoms with E-state index in [2.05, 4.69) is 42.0 Å². The van der Waals surface area contributed by atoms with Crippen molar-refractivity contribution in [3.05, 3.63) is 60.0 Å². The van der Waals surface area contributed by atoms with Crippen molar-refractivity contribution in [2.24, 2.45) is 0 Å². The SMILES string of the molecule is Cc1cc(C)cc(-c2nccc3ccncc23)c1. The molecule has 0 aliphatic carbocycles. The van der Waals surface area contributed by atoms with Crippen LogP contribution in [0.4, 0.5) is 0 Å². The van der Waals surface area contributed by atoms with Gasteiger partial charge < -0.3 is 0 Å². The van der Waals surface area contributed by atoms with Gasteiger partial charge in [0.1, 0.15) is 0 Å². The van der Waals surface area contributed by atoms with Gasteiger partial charge in [-0.1, -0.05) is 17.2 Å². The second-order valence-electron chi connectivity index (χ2n) is 4.63. The molecule has 0 bridgehead atoms. The molecule has 1 aromatic carbocycles. The first-order valence-electron chi connectivity index (χ1n) is 6.01. The first kappa shape index (κ1) is 10.9. The van der Waals surface area contributed by atoms with Crippen LogP contribution in [0, 0.1) is 13.8 Å². The minimum absolute atomic E-state index is 1.01. The molecular formula is C16H14N2. The Morgan fingerprint density at radius 3 is 2.39 bits per heavy atom. The summed E-state index contributed by atoms with van der Waals surface area (Å²) in [5, 5.41) is 2.28. The fourth-order valence-corrected chi connectivity index (χ4v) is 2.35. The second kappa shape index (κ2) is 4.22. The van der Waals surface area contributed by atoms with Gasteiger partial charge >= 0.3 is 0 Å². The third-order valence-electron chi connectivity index (χ3n) is 3.06. The van der Waals surface area contributed by atoms with Gasteiger partial charge in [0.05, 0.1) is 5.69 Å². The van der Waals surface area contributed by atoms with Crippen LogP contribution in [0.25, 0.3) is 22.0 Å². The van der Waals surface area contributed by atoms with E-state index in [0.29, 0.717) is 0 Å². The van der Waals surface area contributed by atoms with Crippen LogP contribution in [0.1, 0.15) is 11.1 Å². The van der Waals surface area contributed by atoms with Crippen LogP contribution in [0.3, 0.4) is 0 Å². The molecule has 2 heteroatoms. The number of aromatic nitrogens is 2. The van der Waals surface area contributed by atoms with E-state index in [0.717, 1.165) is 16.6 Å². The number of fused-ring (bicyclic) bond motifs is 1. The molecular weight excluding hydrogens is 220 g/mol. The van der Waals surface area contributed by atoms with Crippen molar-refractivity contribution < 1.29 is 0 Å². The highest BCUT2D eigenvalue weighted by atomic mass is 14.7. The average Bonchev–Trinajstić information content (AvgIpc) is 2.37. The number of hydrogen-bond donors (Lipinski definition) is 0. The Labute approximate surface area is 106 Å². The van der Waals surface area contributed by atoms with E-state index in [4.69, 9.17) is 0 Å². The first-order chi connectivity index (χ1) is 8.74. The quantitative estimate of drug-likeness (QED) is 0.638. The lowest BCUT2D eigenvalue weighted by Crippen LogP contribution is -1.88. The highest BCUT2D eigenvalue weighted by molar-refractivity contribution is 5.93. The fraction of sp³-hybridized carbons (Fsp3) is 0.125. The molecule has 0 fully saturated rings. The third-order valence-corrected chi connectivity index (χ3v) is 3.06. The van der Waals surface area contributed by atoms with Crippen LogP contribution in [0.5, 0.6) is 0 Å². The van der Waals surface area contributed by atoms with E-state index in [-0.39, 0.29) is 0 Å². The predicted octanol–water partition coefficient (Wildman–Crippen LogP) is 3.91. The molecule has 3 rings (SSSR count). The number of nitrogens with zero attached hydrogens (tertiary/aromatic N) is 2. The standard InChI is InChI=1S/C16H14N2/c1-11-7-12(2)9-14(8-11)16-15-10-17-5-3-13(15)4-6-18-16/h3-10H,1-2H3. The molecule has 2 nitrogen and oxygen atoms in total. The van der Waals surface area contributed by atoms with Crippen LogP contribution < -0.4 is 0 Å². The summed E-state index contributed by atoms with van der Waals surface area (Å²) >= 11 is 0. The van der Waals surface area contributed by atoms with Crippen LogP contribution in [0.2, 0.25) is 0 Å². The molecule has 2 aromatic heterocycles. The Bertz CT molecular complexity index is 692. The highest BCUT2D eigenvalue weighted by Crippen LogP contribution is 2.27. The Morgan fingerprint density at radius 2 is 1.61 bits per heavy atom. The molecule has 0 radical (unpaired) electrons. The van der Waals surface area contributed by atoms with Gasteiger partial charge in [0, 0.05) is 29.5 Å². The zero-order valence-electron chi connectivity index (χ0n) is 10.5. The fourth-order valence-electron chi connectivity index (χ4n) is 2.35. The van der Waals surface area contributed by atoms with E-state index >= 15 is 0 Å². The van der Waals surface area contributed by atoms with E-state index in [1.807, 2.05) is 30.7 Å². The highest BCUT2D eigenvalue weighted by Gasteiger charge is 2.06. The normalized spacial score (nSPS) is 10.8. The molecule has 88 valence electrons. The van der Waals surface area contributed by atoms with Gasteiger partial charge in [-0.25, -0.2) is 0 Å². The van der Waals surface area contributed by atoms with Crippen LogP contribution in [0.15, 0.2) is 48.9 Å². The topological polar surface area (TPSA) is 25.8 Å². The molecule has 0 aliphatic rings. The molecule has 3 aromatic rings. The Kier molecular flexibility index (Phi) is 2.56. The number of rotatable bonds is 1. The second-order valence-corrected chi connectivity index (χ2v) is 4.63. The number of hydrogen-bond acceptors (Lipinski definition) is 2. The average molecular weight is 234 g/mol. The molecule has 0 unspecified atom stereocenters. The van der Waals surface area contributed by atoms with Crippen molar-refractivity contribution in [2.45, 2.75) is 13.8 Å². The summed E-state index contributed by atoms with van der Waals surface area (Å²) in [6.07, 6.45) is 5.55. The summed E-state index contributed by atoms with van der Waals surface area (Å²) < 4.78 is 0. The van der Waals surface area contributed by atoms with Gasteiger partial charge in [-0.3, -0.25) is 9.97 Å². The van der Waals surface area contributed by atoms with Gasteiger partial charge in [0.15, 0.2) is 0 Å². The first-order valence-corrected chi connectivity index (χ1v) is 6.01. The molecule has 18 heavy (non-hydrogen) atoms. The third kappa shape index (κ3) is 1.86. The van der Waals surface area contributed by atoms with Gasteiger partial charge in [-0.15, -0.1) is 0 Å². The molecule has 0 N–H and O–H groups in total. The smallest absolute Gasteiger partial charge is 0.0795 e. The lowest BCUT2D eigenvalue weighted by atomic mass is 10.0. The summed E-state index contributed by atoms with van der Waals surface area (Å²) in [7, 11) is 0. The number of aryl methyl sites for hydroxylation is 2. The van der Waals surface area contributed by atoms with E-state index in [1.54, 1.807) is 0 Å². The summed E-state index contributed by atoms with van der Waals surface area (Å²) in [5.41, 5.74) is 4.68. The number of benzene rings is 1. The largest absolute Gasteiger partial charge is 0.264 e. The van der Waals surface area contributed by atoms with Crippen molar-refractivity contribution in [3.8, 4) is 11.3 Å². The zero-order valence-corrected chi connectivity index (χ0v) is 10.5. The summed E-state index contributed by atoms with van der Waals surface area (Å²) in [6.45, 7) is 4.22. The molecule has 0 saturated heterocycles. The van der Waals surface area contributed by atoms with Crippen LogP contribution >= 0.6 is 0 Å². The Morgan fingerprint density at radius 1 is 0.889 bits per heavy atom. The lowest BCUT2D eigenvalue weighted by molar-refractivity contribution is 1.30. The van der Waals surface area contributed by atoms with Gasteiger partial charge in [0.2, 0.25) is 0 Å². The van der Waals surface area contributed by atoms with Crippen molar-refractivity contribution in [1.82, 2.24) is 9.97 Å². The van der Waals surface area contributed by atoms with Gasteiger partial charge in [-0.05, 0) is 43.5 Å². The van der Waals surface area contributed by atoms with Crippen LogP contribution in [-0.4, -0.2) is 9.97 Å². The molecule has 0 aliphatic heterocycles. The van der Waals surface area contributed by atoms with E-state index < -0.39 is 0 Å². The summed E-state index contributed by atoms with van der Waals surface area (Å²) in [4.78, 5) is 8.72. The minimum atomic E-state index is 1.01. The van der Waals surface area contributed by atoms with Crippen LogP contribution in [-0.2, 0) is 0 Å². The zero-order chi connectivity index (χ0) is 12.5. The van der Waals surface area contributed by atoms with Crippen molar-refractivity contribution in [1.29, 1.82) is 0 Å². The van der Waals surface area contributed by atoms with Crippen molar-refractivity contribution in [2.75, 3.05) is 0 Å². The summed E-state index contributed by atoms with van der Waals surface area (Å²) in [5.74, 6) is 0.